The third kappa shape index (κ3) is 3.88. The van der Waals surface area contributed by atoms with Crippen LogP contribution < -0.4 is 10.6 Å². The fourth-order valence-corrected chi connectivity index (χ4v) is 1.27. The van der Waals surface area contributed by atoms with Gasteiger partial charge in [0.2, 0.25) is 5.91 Å². The first-order valence-corrected chi connectivity index (χ1v) is 5.07. The van der Waals surface area contributed by atoms with Crippen LogP contribution in [0.25, 0.3) is 0 Å². The Morgan fingerprint density at radius 3 is 2.62 bits per heavy atom. The van der Waals surface area contributed by atoms with Gasteiger partial charge in [-0.1, -0.05) is 0 Å². The van der Waals surface area contributed by atoms with Crippen LogP contribution in [-0.2, 0) is 14.3 Å². The molecule has 1 aliphatic rings. The van der Waals surface area contributed by atoms with Crippen LogP contribution in [0.3, 0.4) is 0 Å². The molecule has 0 radical (unpaired) electrons. The maximum Gasteiger partial charge on any atom is 0.408 e. The monoisotopic (exact) mass is 228 g/mol. The van der Waals surface area contributed by atoms with Crippen molar-refractivity contribution in [2.75, 3.05) is 6.54 Å². The van der Waals surface area contributed by atoms with Crippen LogP contribution in [0.2, 0.25) is 0 Å². The van der Waals surface area contributed by atoms with Crippen LogP contribution in [0.15, 0.2) is 0 Å². The van der Waals surface area contributed by atoms with E-state index >= 15 is 0 Å². The topological polar surface area (TPSA) is 84.5 Å². The lowest BCUT2D eigenvalue weighted by atomic mass is 10.1. The van der Waals surface area contributed by atoms with E-state index in [1.807, 2.05) is 0 Å². The van der Waals surface area contributed by atoms with Gasteiger partial charge in [-0.15, -0.1) is 0 Å². The zero-order chi connectivity index (χ0) is 12.3. The standard InChI is InChI=1S/C10H16N2O4/c1-10(2,3)16-9(15)12-7-4-6(13)5-11-8(7)14/h7H,4-5H2,1-3H3,(H,11,14)(H,12,15)/t7-/m0/s1. The first-order chi connectivity index (χ1) is 7.28. The van der Waals surface area contributed by atoms with E-state index in [1.165, 1.54) is 0 Å². The van der Waals surface area contributed by atoms with Crippen LogP contribution in [0, 0.1) is 0 Å². The maximum atomic E-state index is 11.4. The number of nitrogens with one attached hydrogen (secondary N) is 2. The molecule has 1 fully saturated rings. The highest BCUT2D eigenvalue weighted by Gasteiger charge is 2.29. The number of ether oxygens (including phenoxy) is 1. The van der Waals surface area contributed by atoms with Gasteiger partial charge in [0.1, 0.15) is 11.6 Å². The molecule has 0 saturated carbocycles. The lowest BCUT2D eigenvalue weighted by Crippen LogP contribution is -2.54. The van der Waals surface area contributed by atoms with Crippen molar-refractivity contribution in [2.45, 2.75) is 38.8 Å². The molecule has 2 amide bonds. The molecule has 0 bridgehead atoms. The van der Waals surface area contributed by atoms with Crippen LogP contribution in [0.4, 0.5) is 4.79 Å². The fraction of sp³-hybridized carbons (Fsp3) is 0.700. The van der Waals surface area contributed by atoms with E-state index in [2.05, 4.69) is 10.6 Å². The summed E-state index contributed by atoms with van der Waals surface area (Å²) in [5.41, 5.74) is -0.626. The number of hydrogen-bond acceptors (Lipinski definition) is 4. The van der Waals surface area contributed by atoms with Crippen LogP contribution in [0.5, 0.6) is 0 Å². The zero-order valence-corrected chi connectivity index (χ0v) is 9.62. The third-order valence-electron chi connectivity index (χ3n) is 1.90. The second-order valence-corrected chi connectivity index (χ2v) is 4.66. The number of carbonyl (C=O) groups is 3. The Kier molecular flexibility index (Phi) is 3.51. The van der Waals surface area contributed by atoms with E-state index in [1.54, 1.807) is 20.8 Å². The largest absolute Gasteiger partial charge is 0.444 e. The minimum Gasteiger partial charge on any atom is -0.444 e. The predicted octanol–water partition coefficient (Wildman–Crippen LogP) is -0.0313. The molecule has 6 heteroatoms. The van der Waals surface area contributed by atoms with E-state index in [0.29, 0.717) is 0 Å². The number of piperidine rings is 1. The van der Waals surface area contributed by atoms with Crippen molar-refractivity contribution in [1.29, 1.82) is 0 Å². The van der Waals surface area contributed by atoms with E-state index < -0.39 is 17.7 Å². The zero-order valence-electron chi connectivity index (χ0n) is 9.62. The van der Waals surface area contributed by atoms with Gasteiger partial charge >= 0.3 is 6.09 Å². The van der Waals surface area contributed by atoms with E-state index in [4.69, 9.17) is 4.74 Å². The molecule has 6 nitrogen and oxygen atoms in total. The molecule has 1 aliphatic heterocycles. The van der Waals surface area contributed by atoms with E-state index in [0.717, 1.165) is 0 Å². The van der Waals surface area contributed by atoms with Crippen LogP contribution in [0.1, 0.15) is 27.2 Å². The van der Waals surface area contributed by atoms with Gasteiger partial charge in [0.05, 0.1) is 6.54 Å². The number of alkyl carbamates (subject to hydrolysis) is 1. The molecule has 0 aromatic heterocycles. The Morgan fingerprint density at radius 2 is 2.06 bits per heavy atom. The molecule has 0 unspecified atom stereocenters. The maximum absolute atomic E-state index is 11.4. The Morgan fingerprint density at radius 1 is 1.44 bits per heavy atom. The molecule has 2 N–H and O–H groups in total. The van der Waals surface area contributed by atoms with Crippen LogP contribution in [-0.4, -0.2) is 36.0 Å². The van der Waals surface area contributed by atoms with Crippen molar-refractivity contribution in [3.8, 4) is 0 Å². The summed E-state index contributed by atoms with van der Waals surface area (Å²) in [5, 5.41) is 4.75. The van der Waals surface area contributed by atoms with Gasteiger partial charge < -0.3 is 15.4 Å². The second kappa shape index (κ2) is 4.51. The predicted molar refractivity (Wildman–Crippen MR) is 55.8 cm³/mol. The molecular weight excluding hydrogens is 212 g/mol. The van der Waals surface area contributed by atoms with Crippen molar-refractivity contribution < 1.29 is 19.1 Å². The molecule has 0 aliphatic carbocycles. The summed E-state index contributed by atoms with van der Waals surface area (Å²) in [5.74, 6) is -0.467. The van der Waals surface area contributed by atoms with Crippen molar-refractivity contribution in [1.82, 2.24) is 10.6 Å². The minimum atomic E-state index is -0.823. The van der Waals surface area contributed by atoms with Gasteiger partial charge in [-0.2, -0.15) is 0 Å². The molecule has 0 aromatic rings. The normalized spacial score (nSPS) is 21.3. The second-order valence-electron chi connectivity index (χ2n) is 4.66. The Bertz CT molecular complexity index is 319. The molecule has 0 spiro atoms. The minimum absolute atomic E-state index is 0.0189. The fourth-order valence-electron chi connectivity index (χ4n) is 1.27. The van der Waals surface area contributed by atoms with Gasteiger partial charge in [0, 0.05) is 6.42 Å². The lowest BCUT2D eigenvalue weighted by molar-refractivity contribution is -0.131. The molecule has 90 valence electrons. The van der Waals surface area contributed by atoms with Gasteiger partial charge in [-0.3, -0.25) is 9.59 Å². The summed E-state index contributed by atoms with van der Waals surface area (Å²) in [6.45, 7) is 5.20. The smallest absolute Gasteiger partial charge is 0.408 e. The Balaban J connectivity index is 2.49. The summed E-state index contributed by atoms with van der Waals surface area (Å²) in [7, 11) is 0. The molecule has 16 heavy (non-hydrogen) atoms. The first-order valence-electron chi connectivity index (χ1n) is 5.07. The van der Waals surface area contributed by atoms with Crippen LogP contribution >= 0.6 is 0 Å². The summed E-state index contributed by atoms with van der Waals surface area (Å²) >= 11 is 0. The average molecular weight is 228 g/mol. The van der Waals surface area contributed by atoms with Gasteiger partial charge in [-0.25, -0.2) is 4.79 Å². The number of rotatable bonds is 1. The van der Waals surface area contributed by atoms with E-state index in [9.17, 15) is 14.4 Å². The number of amides is 2. The molecule has 1 rings (SSSR count). The number of hydrogen-bond donors (Lipinski definition) is 2. The first kappa shape index (κ1) is 12.5. The van der Waals surface area contributed by atoms with Crippen molar-refractivity contribution in [3.05, 3.63) is 0 Å². The molecular formula is C10H16N2O4. The molecule has 0 aromatic carbocycles. The van der Waals surface area contributed by atoms with Crippen molar-refractivity contribution in [2.24, 2.45) is 0 Å². The quantitative estimate of drug-likeness (QED) is 0.660. The van der Waals surface area contributed by atoms with Crippen molar-refractivity contribution >= 4 is 17.8 Å². The lowest BCUT2D eigenvalue weighted by Gasteiger charge is -2.25. The summed E-state index contributed by atoms with van der Waals surface area (Å²) in [6.07, 6.45) is -0.673. The SMILES string of the molecule is CC(C)(C)OC(=O)N[C@H]1CC(=O)CNC1=O. The highest BCUT2D eigenvalue weighted by Crippen LogP contribution is 2.08. The summed E-state index contributed by atoms with van der Waals surface area (Å²) < 4.78 is 4.98. The van der Waals surface area contributed by atoms with Gasteiger partial charge in [0.25, 0.3) is 0 Å². The van der Waals surface area contributed by atoms with Gasteiger partial charge in [-0.05, 0) is 20.8 Å². The average Bonchev–Trinajstić information content (AvgIpc) is 2.08. The van der Waals surface area contributed by atoms with Crippen molar-refractivity contribution in [3.63, 3.8) is 0 Å². The summed E-state index contributed by atoms with van der Waals surface area (Å²) in [4.78, 5) is 33.7. The highest BCUT2D eigenvalue weighted by atomic mass is 16.6. The van der Waals surface area contributed by atoms with E-state index in [-0.39, 0.29) is 24.7 Å². The number of ketones is 1. The number of carbonyl (C=O) groups excluding carboxylic acids is 3. The molecule has 1 saturated heterocycles. The third-order valence-corrected chi connectivity index (χ3v) is 1.90. The summed E-state index contributed by atoms with van der Waals surface area (Å²) in [6, 6.07) is -0.823. The Labute approximate surface area is 93.7 Å². The van der Waals surface area contributed by atoms with Gasteiger partial charge in [0.15, 0.2) is 5.78 Å². The number of Topliss-reactive ketones (excluding diaryl/α,β-unsaturated/α-hetero) is 1. The highest BCUT2D eigenvalue weighted by molar-refractivity contribution is 5.97. The molecule has 1 heterocycles. The molecule has 1 atom stereocenters. The Hall–Kier alpha value is -1.59.